The van der Waals surface area contributed by atoms with Crippen molar-refractivity contribution in [1.29, 1.82) is 0 Å². The van der Waals surface area contributed by atoms with Crippen LogP contribution in [0.5, 0.6) is 11.5 Å². The topological polar surface area (TPSA) is 35.5 Å². The van der Waals surface area contributed by atoms with Crippen LogP contribution in [0.3, 0.4) is 0 Å². The number of rotatable bonds is 8. The van der Waals surface area contributed by atoms with Crippen LogP contribution in [0.2, 0.25) is 0 Å². The molecule has 0 unspecified atom stereocenters. The van der Waals surface area contributed by atoms with E-state index in [9.17, 15) is 4.79 Å². The van der Waals surface area contributed by atoms with E-state index in [1.54, 1.807) is 7.11 Å². The molecule has 33 heavy (non-hydrogen) atoms. The molecule has 174 valence electrons. The minimum Gasteiger partial charge on any atom is -0.496 e. The molecule has 0 spiro atoms. The van der Waals surface area contributed by atoms with Crippen molar-refractivity contribution in [2.45, 2.75) is 64.9 Å². The zero-order valence-corrected chi connectivity index (χ0v) is 20.2. The Hall–Kier alpha value is -2.55. The molecular weight excluding hydrogens is 408 g/mol. The number of ketones is 1. The highest BCUT2D eigenvalue weighted by atomic mass is 16.5. The Labute approximate surface area is 198 Å². The van der Waals surface area contributed by atoms with Gasteiger partial charge in [0.15, 0.2) is 5.78 Å². The van der Waals surface area contributed by atoms with Gasteiger partial charge in [-0.25, -0.2) is 0 Å². The quantitative estimate of drug-likeness (QED) is 0.404. The van der Waals surface area contributed by atoms with Crippen LogP contribution >= 0.6 is 0 Å². The van der Waals surface area contributed by atoms with E-state index in [1.807, 2.05) is 36.4 Å². The molecule has 2 aromatic rings. The maximum absolute atomic E-state index is 13.3. The van der Waals surface area contributed by atoms with Crippen molar-refractivity contribution in [2.75, 3.05) is 7.11 Å². The van der Waals surface area contributed by atoms with Gasteiger partial charge in [0.05, 0.1) is 7.11 Å². The fourth-order valence-corrected chi connectivity index (χ4v) is 6.89. The van der Waals surface area contributed by atoms with Gasteiger partial charge in [0.2, 0.25) is 0 Å². The summed E-state index contributed by atoms with van der Waals surface area (Å²) in [6, 6.07) is 14.3. The van der Waals surface area contributed by atoms with Gasteiger partial charge >= 0.3 is 0 Å². The van der Waals surface area contributed by atoms with Crippen LogP contribution in [0.4, 0.5) is 0 Å². The van der Waals surface area contributed by atoms with E-state index in [4.69, 9.17) is 9.47 Å². The third-order valence-electron chi connectivity index (χ3n) is 8.23. The third-order valence-corrected chi connectivity index (χ3v) is 8.23. The Kier molecular flexibility index (Phi) is 6.07. The molecule has 3 heteroatoms. The highest BCUT2D eigenvalue weighted by Gasteiger charge is 2.53. The first-order chi connectivity index (χ1) is 15.9. The minimum atomic E-state index is -0.0776. The maximum Gasteiger partial charge on any atom is 0.161 e. The fourth-order valence-electron chi connectivity index (χ4n) is 6.89. The minimum absolute atomic E-state index is 0.0776. The molecular formula is C30H36O3. The predicted molar refractivity (Wildman–Crippen MR) is 133 cm³/mol. The van der Waals surface area contributed by atoms with Gasteiger partial charge in [-0.05, 0) is 104 Å². The molecule has 0 aromatic heterocycles. The van der Waals surface area contributed by atoms with Gasteiger partial charge in [0, 0.05) is 11.0 Å². The molecule has 0 aliphatic heterocycles. The molecule has 4 aliphatic rings. The van der Waals surface area contributed by atoms with Crippen LogP contribution in [-0.2, 0) is 11.4 Å². The van der Waals surface area contributed by atoms with Gasteiger partial charge in [-0.3, -0.25) is 4.79 Å². The van der Waals surface area contributed by atoms with Crippen molar-refractivity contribution in [3.8, 4) is 11.5 Å². The predicted octanol–water partition coefficient (Wildman–Crippen LogP) is 7.20. The standard InChI is InChI=1S/C30H36O3/c1-20(2)25-6-8-27(9-7-25)33-19-26-15-21(4-10-28(26)32-3)5-11-29(31)30-16-22-12-23(17-30)14-24(13-22)18-30/h4-11,15,20,22-24H,12-14,16-19H2,1-3H3/b11-5+. The molecule has 0 amide bonds. The van der Waals surface area contributed by atoms with Gasteiger partial charge in [-0.2, -0.15) is 0 Å². The smallest absolute Gasteiger partial charge is 0.161 e. The van der Waals surface area contributed by atoms with E-state index in [0.29, 0.717) is 18.3 Å². The van der Waals surface area contributed by atoms with E-state index >= 15 is 0 Å². The summed E-state index contributed by atoms with van der Waals surface area (Å²) in [5.74, 6) is 4.86. The lowest BCUT2D eigenvalue weighted by molar-refractivity contribution is -0.138. The zero-order valence-electron chi connectivity index (χ0n) is 20.2. The normalized spacial score (nSPS) is 27.9. The van der Waals surface area contributed by atoms with Crippen molar-refractivity contribution in [3.63, 3.8) is 0 Å². The van der Waals surface area contributed by atoms with E-state index in [-0.39, 0.29) is 5.41 Å². The number of hydrogen-bond donors (Lipinski definition) is 0. The molecule has 0 N–H and O–H groups in total. The fraction of sp³-hybridized carbons (Fsp3) is 0.500. The van der Waals surface area contributed by atoms with Gasteiger partial charge in [-0.1, -0.05) is 38.1 Å². The summed E-state index contributed by atoms with van der Waals surface area (Å²) in [5, 5.41) is 0. The van der Waals surface area contributed by atoms with Crippen LogP contribution in [-0.4, -0.2) is 12.9 Å². The first kappa shape index (κ1) is 22.3. The molecule has 3 nitrogen and oxygen atoms in total. The van der Waals surface area contributed by atoms with Crippen molar-refractivity contribution < 1.29 is 14.3 Å². The Morgan fingerprint density at radius 2 is 1.64 bits per heavy atom. The van der Waals surface area contributed by atoms with Crippen molar-refractivity contribution in [3.05, 3.63) is 65.2 Å². The largest absolute Gasteiger partial charge is 0.496 e. The maximum atomic E-state index is 13.3. The molecule has 4 fully saturated rings. The molecule has 0 saturated heterocycles. The average Bonchev–Trinajstić information content (AvgIpc) is 2.80. The third kappa shape index (κ3) is 4.60. The van der Waals surface area contributed by atoms with Crippen molar-refractivity contribution in [2.24, 2.45) is 23.2 Å². The zero-order chi connectivity index (χ0) is 23.0. The first-order valence-electron chi connectivity index (χ1n) is 12.6. The van der Waals surface area contributed by atoms with Crippen LogP contribution < -0.4 is 9.47 Å². The lowest BCUT2D eigenvalue weighted by atomic mass is 9.48. The van der Waals surface area contributed by atoms with E-state index in [1.165, 1.54) is 24.8 Å². The first-order valence-corrected chi connectivity index (χ1v) is 12.6. The Bertz CT molecular complexity index is 996. The Morgan fingerprint density at radius 1 is 1.00 bits per heavy atom. The molecule has 4 saturated carbocycles. The van der Waals surface area contributed by atoms with Crippen LogP contribution in [0, 0.1) is 23.2 Å². The number of carbonyl (C=O) groups is 1. The second-order valence-electron chi connectivity index (χ2n) is 11.0. The lowest BCUT2D eigenvalue weighted by Crippen LogP contribution is -2.49. The SMILES string of the molecule is COc1ccc(/C=C/C(=O)C23CC4CC(CC(C4)C2)C3)cc1COc1ccc(C(C)C)cc1. The molecule has 4 aliphatic carbocycles. The highest BCUT2D eigenvalue weighted by Crippen LogP contribution is 2.60. The number of methoxy groups -OCH3 is 1. The molecule has 0 heterocycles. The van der Waals surface area contributed by atoms with Gasteiger partial charge in [-0.15, -0.1) is 0 Å². The summed E-state index contributed by atoms with van der Waals surface area (Å²) < 4.78 is 11.6. The van der Waals surface area contributed by atoms with E-state index in [2.05, 4.69) is 32.0 Å². The summed E-state index contributed by atoms with van der Waals surface area (Å²) >= 11 is 0. The lowest BCUT2D eigenvalue weighted by Gasteiger charge is -2.55. The molecule has 4 bridgehead atoms. The number of hydrogen-bond acceptors (Lipinski definition) is 3. The second-order valence-corrected chi connectivity index (χ2v) is 11.0. The number of benzene rings is 2. The average molecular weight is 445 g/mol. The summed E-state index contributed by atoms with van der Waals surface area (Å²) in [4.78, 5) is 13.3. The monoisotopic (exact) mass is 444 g/mol. The number of allylic oxidation sites excluding steroid dienone is 1. The van der Waals surface area contributed by atoms with Crippen LogP contribution in [0.15, 0.2) is 48.5 Å². The molecule has 2 aromatic carbocycles. The highest BCUT2D eigenvalue weighted by molar-refractivity contribution is 5.98. The van der Waals surface area contributed by atoms with Crippen molar-refractivity contribution in [1.82, 2.24) is 0 Å². The number of ether oxygens (including phenoxy) is 2. The summed E-state index contributed by atoms with van der Waals surface area (Å²) in [6.07, 6.45) is 11.2. The van der Waals surface area contributed by atoms with Crippen LogP contribution in [0.25, 0.3) is 6.08 Å². The second kappa shape index (κ2) is 9.00. The molecule has 0 atom stereocenters. The van der Waals surface area contributed by atoms with E-state index < -0.39 is 0 Å². The van der Waals surface area contributed by atoms with Crippen LogP contribution in [0.1, 0.15) is 75.0 Å². The van der Waals surface area contributed by atoms with Crippen molar-refractivity contribution >= 4 is 11.9 Å². The van der Waals surface area contributed by atoms with Gasteiger partial charge in [0.1, 0.15) is 18.1 Å². The number of carbonyl (C=O) groups excluding carboxylic acids is 1. The van der Waals surface area contributed by atoms with Gasteiger partial charge in [0.25, 0.3) is 0 Å². The van der Waals surface area contributed by atoms with Gasteiger partial charge < -0.3 is 9.47 Å². The Balaban J connectivity index is 1.28. The molecule has 6 rings (SSSR count). The van der Waals surface area contributed by atoms with E-state index in [0.717, 1.165) is 59.6 Å². The molecule has 0 radical (unpaired) electrons. The summed E-state index contributed by atoms with van der Waals surface area (Å²) in [7, 11) is 1.68. The summed E-state index contributed by atoms with van der Waals surface area (Å²) in [5.41, 5.74) is 3.22. The Morgan fingerprint density at radius 3 is 2.21 bits per heavy atom. The summed E-state index contributed by atoms with van der Waals surface area (Å²) in [6.45, 7) is 4.80.